The van der Waals surface area contributed by atoms with Crippen molar-refractivity contribution in [2.45, 2.75) is 96.1 Å². The van der Waals surface area contributed by atoms with E-state index >= 15 is 0 Å². The molecule has 0 aromatic rings. The van der Waals surface area contributed by atoms with Gasteiger partial charge in [-0.15, -0.1) is 0 Å². The smallest absolute Gasteiger partial charge is 0.0581 e. The first-order valence-electron chi connectivity index (χ1n) is 13.3. The van der Waals surface area contributed by atoms with Gasteiger partial charge in [0, 0.05) is 0 Å². The van der Waals surface area contributed by atoms with E-state index in [0.717, 1.165) is 12.5 Å². The summed E-state index contributed by atoms with van der Waals surface area (Å²) in [6.07, 6.45) is 30.4. The van der Waals surface area contributed by atoms with Crippen molar-refractivity contribution in [1.29, 1.82) is 0 Å². The molecule has 3 N–H and O–H groups in total. The lowest BCUT2D eigenvalue weighted by atomic mass is 9.70. The molecule has 4 atom stereocenters. The number of hydrogen-bond acceptors (Lipinski definition) is 2. The van der Waals surface area contributed by atoms with Gasteiger partial charge in [-0.05, 0) is 131 Å². The van der Waals surface area contributed by atoms with Gasteiger partial charge in [-0.1, -0.05) is 41.5 Å². The fraction of sp³-hybridized carbons (Fsp3) is 0.655. The highest BCUT2D eigenvalue weighted by atomic mass is 15.0. The molecule has 5 rings (SSSR count). The van der Waals surface area contributed by atoms with E-state index in [4.69, 9.17) is 5.73 Å². The summed E-state index contributed by atoms with van der Waals surface area (Å²) in [6.45, 7) is 1.04. The lowest BCUT2D eigenvalue weighted by molar-refractivity contribution is 0.248. The topological polar surface area (TPSA) is 38.0 Å². The van der Waals surface area contributed by atoms with E-state index in [0.29, 0.717) is 11.8 Å². The first kappa shape index (κ1) is 21.5. The standard InChI is InChI=1S/C29H42N2/c30-29(31-20-8-11-21-9-2-1-3-10-21)27-19-18-23-17-16-22-12-4-5-13-24(22)28(23)26-15-7-6-14-25(26)27/h2,7,9-10,15,23,25,27,29,31H,1,3-6,8,11-14,16-20,30H2/t23-,25?,27?,29?/m1/s1. The van der Waals surface area contributed by atoms with Crippen molar-refractivity contribution in [3.63, 3.8) is 0 Å². The highest BCUT2D eigenvalue weighted by Gasteiger charge is 2.39. The lowest BCUT2D eigenvalue weighted by Gasteiger charge is -2.36. The molecule has 0 amide bonds. The van der Waals surface area contributed by atoms with E-state index in [1.54, 1.807) is 16.7 Å². The molecule has 0 aliphatic heterocycles. The Hall–Kier alpha value is -1.38. The SMILES string of the molecule is NC(NCCCC1=CCCC=C1)C1CC[C@H]2CCC3=C(CCCC3)C2=C2C=CCCC21. The molecule has 0 spiro atoms. The maximum atomic E-state index is 6.87. The minimum absolute atomic E-state index is 0.128. The van der Waals surface area contributed by atoms with E-state index in [1.165, 1.54) is 95.5 Å². The van der Waals surface area contributed by atoms with Crippen LogP contribution in [0.3, 0.4) is 0 Å². The fourth-order valence-corrected chi connectivity index (χ4v) is 7.10. The summed E-state index contributed by atoms with van der Waals surface area (Å²) in [5.41, 5.74) is 15.5. The minimum atomic E-state index is 0.128. The van der Waals surface area contributed by atoms with Crippen LogP contribution >= 0.6 is 0 Å². The molecule has 0 heterocycles. The number of rotatable bonds is 6. The maximum absolute atomic E-state index is 6.87. The first-order chi connectivity index (χ1) is 15.3. The Morgan fingerprint density at radius 1 is 0.935 bits per heavy atom. The molecule has 168 valence electrons. The second kappa shape index (κ2) is 10.0. The van der Waals surface area contributed by atoms with Crippen molar-refractivity contribution in [2.24, 2.45) is 23.5 Å². The largest absolute Gasteiger partial charge is 0.316 e. The predicted molar refractivity (Wildman–Crippen MR) is 132 cm³/mol. The summed E-state index contributed by atoms with van der Waals surface area (Å²) in [4.78, 5) is 0. The normalized spacial score (nSPS) is 31.5. The molecule has 2 heteroatoms. The van der Waals surface area contributed by atoms with Crippen LogP contribution in [0.4, 0.5) is 0 Å². The third-order valence-corrected chi connectivity index (χ3v) is 8.68. The number of fused-ring (bicyclic) bond motifs is 3. The van der Waals surface area contributed by atoms with Gasteiger partial charge in [0.2, 0.25) is 0 Å². The molecule has 0 aromatic carbocycles. The van der Waals surface area contributed by atoms with Gasteiger partial charge in [-0.25, -0.2) is 0 Å². The highest BCUT2D eigenvalue weighted by Crippen LogP contribution is 2.51. The Bertz CT molecular complexity index is 809. The first-order valence-corrected chi connectivity index (χ1v) is 13.3. The third kappa shape index (κ3) is 4.71. The Kier molecular flexibility index (Phi) is 6.96. The van der Waals surface area contributed by atoms with Gasteiger partial charge in [-0.2, -0.15) is 0 Å². The number of nitrogens with two attached hydrogens (primary N) is 1. The van der Waals surface area contributed by atoms with E-state index in [1.807, 2.05) is 5.57 Å². The van der Waals surface area contributed by atoms with Gasteiger partial charge in [0.1, 0.15) is 0 Å². The van der Waals surface area contributed by atoms with Crippen LogP contribution in [0.15, 0.2) is 58.2 Å². The van der Waals surface area contributed by atoms with Crippen molar-refractivity contribution in [2.75, 3.05) is 6.54 Å². The predicted octanol–water partition coefficient (Wildman–Crippen LogP) is 6.87. The molecule has 0 aromatic heterocycles. The minimum Gasteiger partial charge on any atom is -0.316 e. The lowest BCUT2D eigenvalue weighted by Crippen LogP contribution is -2.47. The Balaban J connectivity index is 1.29. The molecule has 5 aliphatic carbocycles. The summed E-state index contributed by atoms with van der Waals surface area (Å²) in [6, 6.07) is 0. The van der Waals surface area contributed by atoms with Gasteiger partial charge in [0.15, 0.2) is 0 Å². The van der Waals surface area contributed by atoms with Crippen LogP contribution in [-0.2, 0) is 0 Å². The molecular weight excluding hydrogens is 376 g/mol. The average Bonchev–Trinajstić information content (AvgIpc) is 3.00. The van der Waals surface area contributed by atoms with E-state index in [9.17, 15) is 0 Å². The molecule has 2 nitrogen and oxygen atoms in total. The van der Waals surface area contributed by atoms with E-state index in [-0.39, 0.29) is 6.17 Å². The summed E-state index contributed by atoms with van der Waals surface area (Å²) < 4.78 is 0. The van der Waals surface area contributed by atoms with Crippen LogP contribution < -0.4 is 11.1 Å². The number of hydrogen-bond donors (Lipinski definition) is 2. The Morgan fingerprint density at radius 2 is 1.84 bits per heavy atom. The van der Waals surface area contributed by atoms with Crippen LogP contribution in [-0.4, -0.2) is 12.7 Å². The van der Waals surface area contributed by atoms with Gasteiger partial charge < -0.3 is 11.1 Å². The van der Waals surface area contributed by atoms with Crippen molar-refractivity contribution in [3.05, 3.63) is 58.2 Å². The molecule has 3 unspecified atom stereocenters. The van der Waals surface area contributed by atoms with Crippen LogP contribution in [0.25, 0.3) is 0 Å². The molecule has 0 saturated heterocycles. The molecule has 31 heavy (non-hydrogen) atoms. The fourth-order valence-electron chi connectivity index (χ4n) is 7.10. The molecule has 0 fully saturated rings. The molecule has 0 bridgehead atoms. The van der Waals surface area contributed by atoms with Crippen LogP contribution in [0, 0.1) is 17.8 Å². The van der Waals surface area contributed by atoms with Gasteiger partial charge in [-0.3, -0.25) is 0 Å². The van der Waals surface area contributed by atoms with Gasteiger partial charge in [0.05, 0.1) is 6.17 Å². The molecule has 0 radical (unpaired) electrons. The summed E-state index contributed by atoms with van der Waals surface area (Å²) in [5.74, 6) is 2.03. The highest BCUT2D eigenvalue weighted by molar-refractivity contribution is 5.49. The van der Waals surface area contributed by atoms with E-state index in [2.05, 4.69) is 35.7 Å². The van der Waals surface area contributed by atoms with Crippen molar-refractivity contribution in [1.82, 2.24) is 5.32 Å². The summed E-state index contributed by atoms with van der Waals surface area (Å²) in [5, 5.41) is 3.76. The summed E-state index contributed by atoms with van der Waals surface area (Å²) >= 11 is 0. The average molecular weight is 419 g/mol. The molecule has 5 aliphatic rings. The Morgan fingerprint density at radius 3 is 2.74 bits per heavy atom. The zero-order valence-electron chi connectivity index (χ0n) is 19.4. The van der Waals surface area contributed by atoms with E-state index < -0.39 is 0 Å². The van der Waals surface area contributed by atoms with Crippen LogP contribution in [0.5, 0.6) is 0 Å². The number of allylic oxidation sites excluding steroid dienone is 10. The second-order valence-electron chi connectivity index (χ2n) is 10.6. The summed E-state index contributed by atoms with van der Waals surface area (Å²) in [7, 11) is 0. The van der Waals surface area contributed by atoms with Crippen molar-refractivity contribution < 1.29 is 0 Å². The monoisotopic (exact) mass is 418 g/mol. The Labute approximate surface area is 189 Å². The zero-order valence-corrected chi connectivity index (χ0v) is 19.4. The number of nitrogens with one attached hydrogen (secondary N) is 1. The zero-order chi connectivity index (χ0) is 21.0. The van der Waals surface area contributed by atoms with Gasteiger partial charge in [0.25, 0.3) is 0 Å². The van der Waals surface area contributed by atoms with Gasteiger partial charge >= 0.3 is 0 Å². The molecule has 0 saturated carbocycles. The quantitative estimate of drug-likeness (QED) is 0.365. The molecular formula is C29H42N2. The maximum Gasteiger partial charge on any atom is 0.0581 e. The third-order valence-electron chi connectivity index (χ3n) is 8.68. The second-order valence-corrected chi connectivity index (χ2v) is 10.6. The van der Waals surface area contributed by atoms with Crippen molar-refractivity contribution >= 4 is 0 Å². The van der Waals surface area contributed by atoms with Crippen LogP contribution in [0.2, 0.25) is 0 Å². The van der Waals surface area contributed by atoms with Crippen LogP contribution in [0.1, 0.15) is 89.9 Å². The van der Waals surface area contributed by atoms with Crippen molar-refractivity contribution in [3.8, 4) is 0 Å².